The number of aromatic nitrogens is 2. The van der Waals surface area contributed by atoms with E-state index in [1.54, 1.807) is 6.92 Å². The maximum absolute atomic E-state index is 11.8. The lowest BCUT2D eigenvalue weighted by molar-refractivity contribution is -0.131. The Bertz CT molecular complexity index is 452. The van der Waals surface area contributed by atoms with Gasteiger partial charge in [0.15, 0.2) is 5.82 Å². The lowest BCUT2D eigenvalue weighted by Gasteiger charge is -2.33. The predicted octanol–water partition coefficient (Wildman–Crippen LogP) is 1.41. The van der Waals surface area contributed by atoms with Crippen molar-refractivity contribution in [2.24, 2.45) is 5.92 Å². The third-order valence-electron chi connectivity index (χ3n) is 3.79. The van der Waals surface area contributed by atoms with Crippen LogP contribution in [-0.4, -0.2) is 46.6 Å². The highest BCUT2D eigenvalue weighted by Gasteiger charge is 2.23. The standard InChI is InChI=1S/C15H26N4O2/c1-11(2)9-15-17-14(18-21-15)6-8-19(12(3)20)13-5-4-7-16-10-13/h11,13,16H,4-10H2,1-3H3. The van der Waals surface area contributed by atoms with Gasteiger partial charge in [0.05, 0.1) is 0 Å². The molecule has 6 nitrogen and oxygen atoms in total. The lowest BCUT2D eigenvalue weighted by Crippen LogP contribution is -2.48. The molecule has 0 saturated carbocycles. The Morgan fingerprint density at radius 2 is 2.33 bits per heavy atom. The third-order valence-corrected chi connectivity index (χ3v) is 3.79. The zero-order valence-electron chi connectivity index (χ0n) is 13.3. The molecule has 0 spiro atoms. The summed E-state index contributed by atoms with van der Waals surface area (Å²) in [5, 5.41) is 7.36. The van der Waals surface area contributed by atoms with Crippen LogP contribution in [-0.2, 0) is 17.6 Å². The van der Waals surface area contributed by atoms with E-state index in [2.05, 4.69) is 29.3 Å². The lowest BCUT2D eigenvalue weighted by atomic mass is 10.1. The molecular weight excluding hydrogens is 268 g/mol. The first-order chi connectivity index (χ1) is 10.1. The molecule has 118 valence electrons. The second kappa shape index (κ2) is 7.54. The number of carbonyl (C=O) groups is 1. The molecule has 0 aliphatic carbocycles. The van der Waals surface area contributed by atoms with E-state index in [-0.39, 0.29) is 5.91 Å². The third kappa shape index (κ3) is 4.81. The molecule has 2 heterocycles. The van der Waals surface area contributed by atoms with Gasteiger partial charge in [-0.3, -0.25) is 4.79 Å². The molecule has 1 saturated heterocycles. The van der Waals surface area contributed by atoms with Gasteiger partial charge in [0.2, 0.25) is 11.8 Å². The van der Waals surface area contributed by atoms with Crippen molar-refractivity contribution in [3.05, 3.63) is 11.7 Å². The van der Waals surface area contributed by atoms with Gasteiger partial charge >= 0.3 is 0 Å². The largest absolute Gasteiger partial charge is 0.339 e. The number of hydrogen-bond donors (Lipinski definition) is 1. The smallest absolute Gasteiger partial charge is 0.226 e. The van der Waals surface area contributed by atoms with Gasteiger partial charge < -0.3 is 14.7 Å². The van der Waals surface area contributed by atoms with Crippen LogP contribution in [0.3, 0.4) is 0 Å². The molecule has 1 fully saturated rings. The van der Waals surface area contributed by atoms with Crippen molar-refractivity contribution in [3.8, 4) is 0 Å². The molecule has 0 radical (unpaired) electrons. The Morgan fingerprint density at radius 3 is 2.95 bits per heavy atom. The van der Waals surface area contributed by atoms with E-state index in [9.17, 15) is 4.79 Å². The van der Waals surface area contributed by atoms with Crippen LogP contribution in [0.15, 0.2) is 4.52 Å². The van der Waals surface area contributed by atoms with Crippen LogP contribution in [0.25, 0.3) is 0 Å². The van der Waals surface area contributed by atoms with E-state index in [0.717, 1.165) is 32.4 Å². The number of nitrogens with zero attached hydrogens (tertiary/aromatic N) is 3. The minimum Gasteiger partial charge on any atom is -0.339 e. The fourth-order valence-corrected chi connectivity index (χ4v) is 2.74. The van der Waals surface area contributed by atoms with Crippen LogP contribution in [0, 0.1) is 5.92 Å². The summed E-state index contributed by atoms with van der Waals surface area (Å²) in [7, 11) is 0. The Kier molecular flexibility index (Phi) is 5.73. The van der Waals surface area contributed by atoms with Gasteiger partial charge in [-0.1, -0.05) is 19.0 Å². The van der Waals surface area contributed by atoms with Gasteiger partial charge in [0, 0.05) is 38.9 Å². The highest BCUT2D eigenvalue weighted by molar-refractivity contribution is 5.73. The summed E-state index contributed by atoms with van der Waals surface area (Å²) >= 11 is 0. The normalized spacial score (nSPS) is 19.0. The second-order valence-corrected chi connectivity index (χ2v) is 6.16. The molecule has 0 bridgehead atoms. The van der Waals surface area contributed by atoms with Crippen LogP contribution < -0.4 is 5.32 Å². The van der Waals surface area contributed by atoms with Crippen molar-refractivity contribution in [1.29, 1.82) is 0 Å². The monoisotopic (exact) mass is 294 g/mol. The maximum atomic E-state index is 11.8. The van der Waals surface area contributed by atoms with Crippen LogP contribution in [0.5, 0.6) is 0 Å². The van der Waals surface area contributed by atoms with Gasteiger partial charge in [-0.05, 0) is 25.3 Å². The van der Waals surface area contributed by atoms with Crippen LogP contribution in [0.4, 0.5) is 0 Å². The number of carbonyl (C=O) groups excluding carboxylic acids is 1. The summed E-state index contributed by atoms with van der Waals surface area (Å²) < 4.78 is 5.24. The van der Waals surface area contributed by atoms with Crippen molar-refractivity contribution < 1.29 is 9.32 Å². The van der Waals surface area contributed by atoms with Crippen molar-refractivity contribution in [1.82, 2.24) is 20.4 Å². The molecular formula is C15H26N4O2. The van der Waals surface area contributed by atoms with Gasteiger partial charge in [-0.15, -0.1) is 0 Å². The number of nitrogens with one attached hydrogen (secondary N) is 1. The fraction of sp³-hybridized carbons (Fsp3) is 0.800. The minimum absolute atomic E-state index is 0.120. The maximum Gasteiger partial charge on any atom is 0.226 e. The molecule has 1 unspecified atom stereocenters. The van der Waals surface area contributed by atoms with Gasteiger partial charge in [-0.2, -0.15) is 4.98 Å². The quantitative estimate of drug-likeness (QED) is 0.859. The summed E-state index contributed by atoms with van der Waals surface area (Å²) in [6, 6.07) is 0.290. The van der Waals surface area contributed by atoms with Crippen molar-refractivity contribution in [2.75, 3.05) is 19.6 Å². The van der Waals surface area contributed by atoms with Crippen molar-refractivity contribution in [2.45, 2.75) is 52.5 Å². The highest BCUT2D eigenvalue weighted by Crippen LogP contribution is 2.12. The molecule has 1 amide bonds. The SMILES string of the molecule is CC(=O)N(CCc1noc(CC(C)C)n1)C1CCCNC1. The summed E-state index contributed by atoms with van der Waals surface area (Å²) in [6.07, 6.45) is 3.64. The number of piperidine rings is 1. The Morgan fingerprint density at radius 1 is 1.52 bits per heavy atom. The van der Waals surface area contributed by atoms with Crippen molar-refractivity contribution >= 4 is 5.91 Å². The minimum atomic E-state index is 0.120. The summed E-state index contributed by atoms with van der Waals surface area (Å²) in [4.78, 5) is 18.2. The fourth-order valence-electron chi connectivity index (χ4n) is 2.74. The van der Waals surface area contributed by atoms with Gasteiger partial charge in [0.1, 0.15) is 0 Å². The second-order valence-electron chi connectivity index (χ2n) is 6.16. The molecule has 6 heteroatoms. The van der Waals surface area contributed by atoms with Gasteiger partial charge in [0.25, 0.3) is 0 Å². The van der Waals surface area contributed by atoms with E-state index in [1.807, 2.05) is 4.90 Å². The van der Waals surface area contributed by atoms with E-state index < -0.39 is 0 Å². The molecule has 1 aliphatic rings. The first-order valence-corrected chi connectivity index (χ1v) is 7.85. The molecule has 1 aliphatic heterocycles. The summed E-state index contributed by atoms with van der Waals surface area (Å²) in [5.74, 6) is 2.00. The highest BCUT2D eigenvalue weighted by atomic mass is 16.5. The zero-order chi connectivity index (χ0) is 15.2. The predicted molar refractivity (Wildman–Crippen MR) is 79.8 cm³/mol. The van der Waals surface area contributed by atoms with E-state index >= 15 is 0 Å². The number of rotatable bonds is 6. The average Bonchev–Trinajstić information content (AvgIpc) is 2.86. The summed E-state index contributed by atoms with van der Waals surface area (Å²) in [6.45, 7) is 8.46. The number of hydrogen-bond acceptors (Lipinski definition) is 5. The molecule has 1 N–H and O–H groups in total. The molecule has 2 rings (SSSR count). The zero-order valence-corrected chi connectivity index (χ0v) is 13.3. The Hall–Kier alpha value is -1.43. The Balaban J connectivity index is 1.89. The van der Waals surface area contributed by atoms with E-state index in [1.165, 1.54) is 0 Å². The van der Waals surface area contributed by atoms with Crippen LogP contribution in [0.1, 0.15) is 45.3 Å². The Labute approximate surface area is 126 Å². The number of amides is 1. The van der Waals surface area contributed by atoms with Crippen LogP contribution >= 0.6 is 0 Å². The average molecular weight is 294 g/mol. The van der Waals surface area contributed by atoms with E-state index in [4.69, 9.17) is 4.52 Å². The van der Waals surface area contributed by atoms with Crippen LogP contribution in [0.2, 0.25) is 0 Å². The molecule has 1 aromatic rings. The first kappa shape index (κ1) is 15.9. The first-order valence-electron chi connectivity index (χ1n) is 7.85. The topological polar surface area (TPSA) is 71.3 Å². The molecule has 0 aromatic carbocycles. The summed E-state index contributed by atoms with van der Waals surface area (Å²) in [5.41, 5.74) is 0. The van der Waals surface area contributed by atoms with E-state index in [0.29, 0.717) is 36.6 Å². The molecule has 1 aromatic heterocycles. The molecule has 1 atom stereocenters. The van der Waals surface area contributed by atoms with Gasteiger partial charge in [-0.25, -0.2) is 0 Å². The van der Waals surface area contributed by atoms with Crippen molar-refractivity contribution in [3.63, 3.8) is 0 Å². The molecule has 21 heavy (non-hydrogen) atoms.